The number of carbonyl (C=O) groups is 4. The predicted molar refractivity (Wildman–Crippen MR) is 274 cm³/mol. The fraction of sp³-hybridized carbons (Fsp3) is 0.576. The summed E-state index contributed by atoms with van der Waals surface area (Å²) in [6, 6.07) is 14.7. The Kier molecular flexibility index (Phi) is 26.5. The molecule has 1 aromatic heterocycles. The largest absolute Gasteiger partial charge is 0.463 e. The molecule has 3 aromatic rings. The molecule has 0 amide bonds. The first-order chi connectivity index (χ1) is 34.3. The molecule has 11 heteroatoms. The molecular formula is C59H79NO10. The van der Waals surface area contributed by atoms with Gasteiger partial charge >= 0.3 is 23.9 Å². The van der Waals surface area contributed by atoms with Crippen molar-refractivity contribution < 1.29 is 47.6 Å². The van der Waals surface area contributed by atoms with Crippen LogP contribution in [0.3, 0.4) is 0 Å². The maximum atomic E-state index is 13.4. The zero-order valence-corrected chi connectivity index (χ0v) is 41.8. The van der Waals surface area contributed by atoms with Gasteiger partial charge in [0, 0.05) is 42.5 Å². The van der Waals surface area contributed by atoms with E-state index in [2.05, 4.69) is 30.0 Å². The molecule has 2 fully saturated rings. The van der Waals surface area contributed by atoms with Crippen LogP contribution in [0.1, 0.15) is 178 Å². The maximum absolute atomic E-state index is 13.4. The highest BCUT2D eigenvalue weighted by atomic mass is 16.5. The number of esters is 4. The van der Waals surface area contributed by atoms with Crippen molar-refractivity contribution in [2.75, 3.05) is 26.4 Å². The molecule has 2 aromatic carbocycles. The Hall–Kier alpha value is -5.31. The Morgan fingerprint density at radius 3 is 1.43 bits per heavy atom. The van der Waals surface area contributed by atoms with Gasteiger partial charge in [0.15, 0.2) is 0 Å². The molecule has 70 heavy (non-hydrogen) atoms. The van der Waals surface area contributed by atoms with Gasteiger partial charge in [-0.15, -0.1) is 0 Å². The fourth-order valence-corrected chi connectivity index (χ4v) is 9.25. The average Bonchev–Trinajstić information content (AvgIpc) is 3.39. The molecule has 0 unspecified atom stereocenters. The molecule has 2 aliphatic carbocycles. The van der Waals surface area contributed by atoms with Crippen LogP contribution in [0.15, 0.2) is 80.0 Å². The van der Waals surface area contributed by atoms with Crippen LogP contribution in [0.5, 0.6) is 11.5 Å². The van der Waals surface area contributed by atoms with Crippen molar-refractivity contribution in [1.82, 2.24) is 4.98 Å². The molecule has 0 aliphatic heterocycles. The Labute approximate surface area is 417 Å². The summed E-state index contributed by atoms with van der Waals surface area (Å²) in [6.45, 7) is 9.32. The lowest BCUT2D eigenvalue weighted by Gasteiger charge is -2.27. The lowest BCUT2D eigenvalue weighted by atomic mass is 9.87. The van der Waals surface area contributed by atoms with Gasteiger partial charge in [-0.1, -0.05) is 115 Å². The molecule has 380 valence electrons. The van der Waals surface area contributed by atoms with Crippen molar-refractivity contribution in [3.63, 3.8) is 0 Å². The minimum atomic E-state index is -0.344. The van der Waals surface area contributed by atoms with Gasteiger partial charge in [-0.25, -0.2) is 9.59 Å². The summed E-state index contributed by atoms with van der Waals surface area (Å²) in [6.07, 6.45) is 31.7. The number of aromatic nitrogens is 1. The quantitative estimate of drug-likeness (QED) is 0.0194. The second-order valence-electron chi connectivity index (χ2n) is 18.9. The van der Waals surface area contributed by atoms with Crippen LogP contribution in [0.4, 0.5) is 0 Å². The van der Waals surface area contributed by atoms with Gasteiger partial charge < -0.3 is 28.4 Å². The van der Waals surface area contributed by atoms with Gasteiger partial charge in [-0.05, 0) is 126 Å². The topological polar surface area (TPSA) is 137 Å². The molecule has 0 atom stereocenters. The molecule has 0 saturated heterocycles. The SMILES string of the molecule is C=CC(=O)OCCCCCCCCCCCOC1CCC(C(=O)Oc2ccc(C#Cc3ccc(OC(=O)C4CCC(OCCCCCCCCCCCOC(=O)C=C)CC4)c4cccnc34)cc2)CC1. The Bertz CT molecular complexity index is 2110. The van der Waals surface area contributed by atoms with Crippen molar-refractivity contribution in [3.8, 4) is 23.3 Å². The molecule has 5 rings (SSSR count). The lowest BCUT2D eigenvalue weighted by Crippen LogP contribution is -2.29. The van der Waals surface area contributed by atoms with Gasteiger partial charge in [0.25, 0.3) is 0 Å². The smallest absolute Gasteiger partial charge is 0.330 e. The number of unbranched alkanes of at least 4 members (excludes halogenated alkanes) is 16. The molecule has 0 radical (unpaired) electrons. The summed E-state index contributed by atoms with van der Waals surface area (Å²) >= 11 is 0. The second-order valence-corrected chi connectivity index (χ2v) is 18.9. The monoisotopic (exact) mass is 962 g/mol. The van der Waals surface area contributed by atoms with Crippen LogP contribution in [0.2, 0.25) is 0 Å². The Morgan fingerprint density at radius 1 is 0.514 bits per heavy atom. The number of fused-ring (bicyclic) bond motifs is 1. The van der Waals surface area contributed by atoms with E-state index in [0.29, 0.717) is 30.2 Å². The number of pyridine rings is 1. The molecular weight excluding hydrogens is 883 g/mol. The fourth-order valence-electron chi connectivity index (χ4n) is 9.25. The normalized spacial score (nSPS) is 17.7. The zero-order chi connectivity index (χ0) is 49.4. The van der Waals surface area contributed by atoms with Gasteiger partial charge in [-0.3, -0.25) is 14.6 Å². The number of ether oxygens (including phenoxy) is 6. The van der Waals surface area contributed by atoms with Crippen molar-refractivity contribution in [3.05, 3.63) is 91.2 Å². The summed E-state index contributed by atoms with van der Waals surface area (Å²) in [5.74, 6) is 6.08. The van der Waals surface area contributed by atoms with Crippen LogP contribution in [0.25, 0.3) is 10.9 Å². The van der Waals surface area contributed by atoms with Gasteiger partial charge in [-0.2, -0.15) is 0 Å². The summed E-state index contributed by atoms with van der Waals surface area (Å²) in [7, 11) is 0. The van der Waals surface area contributed by atoms with Crippen molar-refractivity contribution >= 4 is 34.8 Å². The van der Waals surface area contributed by atoms with E-state index in [4.69, 9.17) is 28.4 Å². The van der Waals surface area contributed by atoms with Crippen LogP contribution in [-0.4, -0.2) is 67.5 Å². The van der Waals surface area contributed by atoms with Gasteiger partial charge in [0.05, 0.1) is 48.3 Å². The number of nitrogens with zero attached hydrogens (tertiary/aromatic N) is 1. The van der Waals surface area contributed by atoms with Crippen LogP contribution < -0.4 is 9.47 Å². The van der Waals surface area contributed by atoms with Gasteiger partial charge in [0.1, 0.15) is 11.5 Å². The van der Waals surface area contributed by atoms with Crippen LogP contribution in [-0.2, 0) is 38.1 Å². The third-order valence-electron chi connectivity index (χ3n) is 13.5. The standard InChI is InChI=1S/C59H79NO10/c1-3-55(61)67-44-21-17-13-9-5-7-11-15-19-42-65-50-36-29-48(30-37-50)58(63)69-52-34-26-46(27-35-52)25-28-47-33-40-54(53-24-23-41-60-57(47)53)70-59(64)49-31-38-51(39-32-49)66-43-20-16-12-8-6-10-14-18-22-45-68-56(62)4-2/h3-4,23-24,26-27,33-35,40-41,48-51H,1-2,5-22,29-32,36-39,42-45H2. The first-order valence-corrected chi connectivity index (χ1v) is 26.6. The first kappa shape index (κ1) is 55.6. The van der Waals surface area contributed by atoms with E-state index in [1.165, 1.54) is 89.2 Å². The second kappa shape index (κ2) is 33.3. The van der Waals surface area contributed by atoms with E-state index < -0.39 is 0 Å². The molecule has 0 N–H and O–H groups in total. The molecule has 11 nitrogen and oxygen atoms in total. The zero-order valence-electron chi connectivity index (χ0n) is 41.8. The van der Waals surface area contributed by atoms with E-state index in [1.54, 1.807) is 24.4 Å². The highest BCUT2D eigenvalue weighted by Gasteiger charge is 2.30. The minimum absolute atomic E-state index is 0.126. The first-order valence-electron chi connectivity index (χ1n) is 26.6. The summed E-state index contributed by atoms with van der Waals surface area (Å²) in [5.41, 5.74) is 2.17. The average molecular weight is 962 g/mol. The Morgan fingerprint density at radius 2 is 0.957 bits per heavy atom. The van der Waals surface area contributed by atoms with Crippen molar-refractivity contribution in [2.45, 2.75) is 179 Å². The van der Waals surface area contributed by atoms with E-state index in [-0.39, 0.29) is 47.9 Å². The van der Waals surface area contributed by atoms with Crippen LogP contribution in [0, 0.1) is 23.7 Å². The number of benzene rings is 2. The number of rotatable bonds is 32. The molecule has 2 aliphatic rings. The van der Waals surface area contributed by atoms with Gasteiger partial charge in [0.2, 0.25) is 0 Å². The molecule has 1 heterocycles. The Balaban J connectivity index is 0.920. The predicted octanol–water partition coefficient (Wildman–Crippen LogP) is 13.1. The van der Waals surface area contributed by atoms with E-state index in [9.17, 15) is 19.2 Å². The van der Waals surface area contributed by atoms with E-state index >= 15 is 0 Å². The summed E-state index contributed by atoms with van der Waals surface area (Å²) < 4.78 is 34.2. The lowest BCUT2D eigenvalue weighted by molar-refractivity contribution is -0.142. The minimum Gasteiger partial charge on any atom is -0.463 e. The highest BCUT2D eigenvalue weighted by Crippen LogP contribution is 2.32. The summed E-state index contributed by atoms with van der Waals surface area (Å²) in [4.78, 5) is 53.1. The molecule has 0 bridgehead atoms. The third kappa shape index (κ3) is 21.4. The van der Waals surface area contributed by atoms with Crippen molar-refractivity contribution in [2.24, 2.45) is 11.8 Å². The van der Waals surface area contributed by atoms with E-state index in [0.717, 1.165) is 120 Å². The van der Waals surface area contributed by atoms with Crippen molar-refractivity contribution in [1.29, 1.82) is 0 Å². The number of hydrogen-bond donors (Lipinski definition) is 0. The number of carbonyl (C=O) groups excluding carboxylic acids is 4. The summed E-state index contributed by atoms with van der Waals surface area (Å²) in [5, 5.41) is 0.736. The third-order valence-corrected chi connectivity index (χ3v) is 13.5. The molecule has 0 spiro atoms. The van der Waals surface area contributed by atoms with E-state index in [1.807, 2.05) is 30.3 Å². The maximum Gasteiger partial charge on any atom is 0.330 e. The number of hydrogen-bond acceptors (Lipinski definition) is 11. The molecule has 2 saturated carbocycles. The highest BCUT2D eigenvalue weighted by molar-refractivity contribution is 5.92. The van der Waals surface area contributed by atoms with Crippen LogP contribution >= 0.6 is 0 Å².